The molecular weight excluding hydrogens is 282 g/mol. The highest BCUT2D eigenvalue weighted by Crippen LogP contribution is 2.35. The molecule has 3 heteroatoms. The Morgan fingerprint density at radius 3 is 2.38 bits per heavy atom. The third-order valence-corrected chi connectivity index (χ3v) is 3.92. The fourth-order valence-electron chi connectivity index (χ4n) is 2.47. The second-order valence-corrected chi connectivity index (χ2v) is 7.47. The van der Waals surface area contributed by atoms with Crippen LogP contribution in [0.2, 0.25) is 0 Å². The lowest BCUT2D eigenvalue weighted by atomic mass is 9.84. The number of rotatable bonds is 5. The fraction of sp³-hybridized carbons (Fsp3) is 0.667. The van der Waals surface area contributed by atoms with Crippen LogP contribution in [0.25, 0.3) is 0 Å². The Labute approximate surface area is 135 Å². The van der Waals surface area contributed by atoms with Crippen molar-refractivity contribution in [2.45, 2.75) is 65.3 Å². The average Bonchev–Trinajstić information content (AvgIpc) is 3.09. The average molecular weight is 312 g/mol. The van der Waals surface area contributed by atoms with Gasteiger partial charge in [0.1, 0.15) is 5.75 Å². The van der Waals surface area contributed by atoms with Crippen LogP contribution in [0.15, 0.2) is 12.1 Å². The van der Waals surface area contributed by atoms with Gasteiger partial charge >= 0.3 is 0 Å². The lowest BCUT2D eigenvalue weighted by molar-refractivity contribution is 0.294. The zero-order valence-electron chi connectivity index (χ0n) is 14.0. The number of aryl methyl sites for hydroxylation is 1. The smallest absolute Gasteiger partial charge is 0.125 e. The highest BCUT2D eigenvalue weighted by Gasteiger charge is 2.24. The Hall–Kier alpha value is -0.730. The molecule has 0 bridgehead atoms. The molecule has 1 saturated carbocycles. The summed E-state index contributed by atoms with van der Waals surface area (Å²) in [6.07, 6.45) is 3.52. The first-order valence-electron chi connectivity index (χ1n) is 7.79. The summed E-state index contributed by atoms with van der Waals surface area (Å²) in [5, 5.41) is 0. The van der Waals surface area contributed by atoms with Crippen molar-refractivity contribution in [2.75, 3.05) is 6.61 Å². The van der Waals surface area contributed by atoms with E-state index in [0.717, 1.165) is 24.7 Å². The molecule has 2 nitrogen and oxygen atoms in total. The van der Waals surface area contributed by atoms with E-state index in [0.29, 0.717) is 0 Å². The second-order valence-electron chi connectivity index (χ2n) is 7.47. The molecule has 0 aromatic heterocycles. The van der Waals surface area contributed by atoms with Crippen molar-refractivity contribution < 1.29 is 4.74 Å². The summed E-state index contributed by atoms with van der Waals surface area (Å²) < 4.78 is 6.10. The summed E-state index contributed by atoms with van der Waals surface area (Å²) in [6.45, 7) is 11.8. The van der Waals surface area contributed by atoms with Gasteiger partial charge in [0.25, 0.3) is 0 Å². The molecule has 1 aliphatic carbocycles. The molecule has 0 aliphatic heterocycles. The molecule has 0 radical (unpaired) electrons. The summed E-state index contributed by atoms with van der Waals surface area (Å²) in [5.41, 5.74) is 10.1. The third kappa shape index (κ3) is 5.19. The molecule has 1 aromatic carbocycles. The highest BCUT2D eigenvalue weighted by atomic mass is 35.5. The molecule has 0 saturated heterocycles. The van der Waals surface area contributed by atoms with E-state index in [1.165, 1.54) is 29.5 Å². The van der Waals surface area contributed by atoms with E-state index in [1.807, 2.05) is 0 Å². The molecule has 1 atom stereocenters. The van der Waals surface area contributed by atoms with E-state index in [2.05, 4.69) is 46.8 Å². The van der Waals surface area contributed by atoms with E-state index < -0.39 is 0 Å². The van der Waals surface area contributed by atoms with Crippen LogP contribution in [-0.4, -0.2) is 12.6 Å². The maximum absolute atomic E-state index is 6.10. The monoisotopic (exact) mass is 311 g/mol. The van der Waals surface area contributed by atoms with Gasteiger partial charge in [0.05, 0.1) is 6.61 Å². The summed E-state index contributed by atoms with van der Waals surface area (Å²) >= 11 is 0. The molecule has 0 spiro atoms. The zero-order valence-corrected chi connectivity index (χ0v) is 14.8. The van der Waals surface area contributed by atoms with Crippen molar-refractivity contribution in [3.05, 3.63) is 28.8 Å². The number of hydrogen-bond acceptors (Lipinski definition) is 2. The van der Waals surface area contributed by atoms with Crippen LogP contribution in [0.1, 0.15) is 57.2 Å². The van der Waals surface area contributed by atoms with Gasteiger partial charge in [-0.1, -0.05) is 32.9 Å². The van der Waals surface area contributed by atoms with Crippen LogP contribution < -0.4 is 10.5 Å². The van der Waals surface area contributed by atoms with E-state index in [4.69, 9.17) is 10.5 Å². The Morgan fingerprint density at radius 1 is 1.29 bits per heavy atom. The Bertz CT molecular complexity index is 473. The van der Waals surface area contributed by atoms with Gasteiger partial charge in [-0.05, 0) is 61.1 Å². The number of ether oxygens (including phenoxy) is 1. The SMILES string of the molecule is Cc1cc(C(C)(C)C)cc(CC(C)N)c1OCC1CC1.Cl. The van der Waals surface area contributed by atoms with Gasteiger partial charge in [0.15, 0.2) is 0 Å². The first-order valence-corrected chi connectivity index (χ1v) is 7.79. The number of benzene rings is 1. The topological polar surface area (TPSA) is 35.2 Å². The van der Waals surface area contributed by atoms with Gasteiger partial charge in [-0.2, -0.15) is 0 Å². The van der Waals surface area contributed by atoms with Crippen molar-refractivity contribution in [3.8, 4) is 5.75 Å². The highest BCUT2D eigenvalue weighted by molar-refractivity contribution is 5.85. The lowest BCUT2D eigenvalue weighted by Gasteiger charge is -2.24. The van der Waals surface area contributed by atoms with Crippen LogP contribution in [0, 0.1) is 12.8 Å². The maximum atomic E-state index is 6.10. The molecule has 1 unspecified atom stereocenters. The minimum atomic E-state index is 0. The Morgan fingerprint density at radius 2 is 1.90 bits per heavy atom. The maximum Gasteiger partial charge on any atom is 0.125 e. The van der Waals surface area contributed by atoms with Gasteiger partial charge in [0.2, 0.25) is 0 Å². The van der Waals surface area contributed by atoms with Crippen molar-refractivity contribution in [1.82, 2.24) is 0 Å². The molecule has 0 amide bonds. The number of halogens is 1. The van der Waals surface area contributed by atoms with Crippen LogP contribution in [-0.2, 0) is 11.8 Å². The van der Waals surface area contributed by atoms with Gasteiger partial charge in [-0.25, -0.2) is 0 Å². The van der Waals surface area contributed by atoms with E-state index in [1.54, 1.807) is 0 Å². The Balaban J connectivity index is 0.00000220. The first-order chi connectivity index (χ1) is 9.27. The molecule has 2 N–H and O–H groups in total. The van der Waals surface area contributed by atoms with E-state index >= 15 is 0 Å². The van der Waals surface area contributed by atoms with Crippen LogP contribution in [0.4, 0.5) is 0 Å². The summed E-state index contributed by atoms with van der Waals surface area (Å²) in [7, 11) is 0. The third-order valence-electron chi connectivity index (χ3n) is 3.92. The van der Waals surface area contributed by atoms with E-state index in [9.17, 15) is 0 Å². The Kier molecular flexibility index (Phi) is 6.12. The van der Waals surface area contributed by atoms with Crippen LogP contribution >= 0.6 is 12.4 Å². The van der Waals surface area contributed by atoms with Crippen molar-refractivity contribution >= 4 is 12.4 Å². The number of nitrogens with two attached hydrogens (primary N) is 1. The predicted molar refractivity (Wildman–Crippen MR) is 92.7 cm³/mol. The van der Waals surface area contributed by atoms with Gasteiger partial charge in [-0.15, -0.1) is 12.4 Å². The minimum absolute atomic E-state index is 0. The summed E-state index contributed by atoms with van der Waals surface area (Å²) in [6, 6.07) is 4.72. The van der Waals surface area contributed by atoms with E-state index in [-0.39, 0.29) is 23.9 Å². The van der Waals surface area contributed by atoms with Gasteiger partial charge in [0, 0.05) is 6.04 Å². The predicted octanol–water partition coefficient (Wildman–Crippen LogP) is 4.39. The summed E-state index contributed by atoms with van der Waals surface area (Å²) in [5.74, 6) is 1.85. The van der Waals surface area contributed by atoms with Crippen LogP contribution in [0.5, 0.6) is 5.75 Å². The van der Waals surface area contributed by atoms with Crippen LogP contribution in [0.3, 0.4) is 0 Å². The molecular formula is C18H30ClNO. The van der Waals surface area contributed by atoms with Crippen molar-refractivity contribution in [1.29, 1.82) is 0 Å². The molecule has 1 aliphatic rings. The second kappa shape index (κ2) is 7.02. The lowest BCUT2D eigenvalue weighted by Crippen LogP contribution is -2.20. The first kappa shape index (κ1) is 18.3. The molecule has 21 heavy (non-hydrogen) atoms. The summed E-state index contributed by atoms with van der Waals surface area (Å²) in [4.78, 5) is 0. The van der Waals surface area contributed by atoms with Gasteiger partial charge < -0.3 is 10.5 Å². The largest absolute Gasteiger partial charge is 0.493 e. The molecule has 0 heterocycles. The molecule has 1 fully saturated rings. The molecule has 2 rings (SSSR count). The minimum Gasteiger partial charge on any atom is -0.493 e. The standard InChI is InChI=1S/C18H29NO.ClH/c1-12-8-16(18(3,4)5)10-15(9-13(2)19)17(12)20-11-14-6-7-14;/h8,10,13-14H,6-7,9,11,19H2,1-5H3;1H. The molecule has 1 aromatic rings. The fourth-order valence-corrected chi connectivity index (χ4v) is 2.47. The zero-order chi connectivity index (χ0) is 14.9. The van der Waals surface area contributed by atoms with Crippen molar-refractivity contribution in [2.24, 2.45) is 11.7 Å². The molecule has 120 valence electrons. The quantitative estimate of drug-likeness (QED) is 0.875. The number of hydrogen-bond donors (Lipinski definition) is 1. The normalized spacial score (nSPS) is 16.3. The van der Waals surface area contributed by atoms with Crippen molar-refractivity contribution in [3.63, 3.8) is 0 Å². The van der Waals surface area contributed by atoms with Gasteiger partial charge in [-0.3, -0.25) is 0 Å².